The summed E-state index contributed by atoms with van der Waals surface area (Å²) in [6.07, 6.45) is 3.40. The Bertz CT molecular complexity index is 1520. The minimum atomic E-state index is -0.990. The summed E-state index contributed by atoms with van der Waals surface area (Å²) in [6, 6.07) is 23.8. The Kier molecular flexibility index (Phi) is 10.3. The van der Waals surface area contributed by atoms with Crippen LogP contribution in [0.2, 0.25) is 0 Å². The van der Waals surface area contributed by atoms with Gasteiger partial charge in [0.05, 0.1) is 25.2 Å². The normalized spacial score (nSPS) is 18.3. The number of carbonyl (C=O) groups is 2. The third-order valence-electron chi connectivity index (χ3n) is 7.29. The highest BCUT2D eigenvalue weighted by Gasteiger charge is 2.32. The number of aliphatic hydroxyl groups excluding tert-OH is 1. The number of amides is 1. The molecule has 0 unspecified atom stereocenters. The van der Waals surface area contributed by atoms with Crippen LogP contribution in [0.3, 0.4) is 0 Å². The molecule has 5 rings (SSSR count). The van der Waals surface area contributed by atoms with Gasteiger partial charge in [0.15, 0.2) is 11.4 Å². The van der Waals surface area contributed by atoms with Gasteiger partial charge in [0.2, 0.25) is 5.91 Å². The van der Waals surface area contributed by atoms with E-state index < -0.39 is 12.3 Å². The first-order valence-corrected chi connectivity index (χ1v) is 15.1. The van der Waals surface area contributed by atoms with Crippen molar-refractivity contribution in [1.82, 2.24) is 14.9 Å². The molecular weight excluding hydrogens is 566 g/mol. The standard InChI is InChI=1S/C33H35N3O6S/c1-36-16-15-34-33(36)43-21-28-18-29(25-7-5-22(20-37)6-8-25)42-32(41-28)26-11-9-24(10-12-26)27-4-2-3-23(17-27)19-35-30(38)13-14-31(39)40/h2-12,15-17,28-29,32,37H,13-14,18-21H2,1H3,(H,35,38)(H,39,40)/t28-,29+,32+/m1/s1. The first-order chi connectivity index (χ1) is 20.9. The van der Waals surface area contributed by atoms with E-state index in [2.05, 4.69) is 10.3 Å². The number of rotatable bonds is 12. The summed E-state index contributed by atoms with van der Waals surface area (Å²) in [5.74, 6) is -0.548. The van der Waals surface area contributed by atoms with E-state index in [1.54, 1.807) is 18.0 Å². The number of imidazole rings is 1. The largest absolute Gasteiger partial charge is 0.481 e. The zero-order valence-corrected chi connectivity index (χ0v) is 24.7. The van der Waals surface area contributed by atoms with E-state index in [9.17, 15) is 14.7 Å². The van der Waals surface area contributed by atoms with E-state index in [-0.39, 0.29) is 37.6 Å². The van der Waals surface area contributed by atoms with Crippen LogP contribution in [0.15, 0.2) is 90.3 Å². The number of aromatic nitrogens is 2. The first-order valence-electron chi connectivity index (χ1n) is 14.2. The van der Waals surface area contributed by atoms with Crippen LogP contribution in [0, 0.1) is 0 Å². The van der Waals surface area contributed by atoms with Crippen LogP contribution < -0.4 is 5.32 Å². The maximum absolute atomic E-state index is 11.9. The fourth-order valence-electron chi connectivity index (χ4n) is 4.88. The Morgan fingerprint density at radius 3 is 2.44 bits per heavy atom. The Morgan fingerprint density at radius 1 is 0.977 bits per heavy atom. The minimum absolute atomic E-state index is 0.00282. The molecule has 43 heavy (non-hydrogen) atoms. The van der Waals surface area contributed by atoms with Crippen molar-refractivity contribution in [2.24, 2.45) is 7.05 Å². The molecule has 0 aliphatic carbocycles. The topological polar surface area (TPSA) is 123 Å². The molecule has 3 atom stereocenters. The lowest BCUT2D eigenvalue weighted by Gasteiger charge is -2.36. The number of nitrogens with one attached hydrogen (secondary N) is 1. The van der Waals surface area contributed by atoms with E-state index in [0.717, 1.165) is 44.3 Å². The number of aliphatic carboxylic acids is 1. The molecule has 9 nitrogen and oxygen atoms in total. The van der Waals surface area contributed by atoms with Crippen molar-refractivity contribution in [3.8, 4) is 11.1 Å². The van der Waals surface area contributed by atoms with Crippen molar-refractivity contribution in [3.63, 3.8) is 0 Å². The van der Waals surface area contributed by atoms with E-state index >= 15 is 0 Å². The molecule has 1 amide bonds. The van der Waals surface area contributed by atoms with Crippen LogP contribution in [0.5, 0.6) is 0 Å². The molecule has 1 fully saturated rings. The average molecular weight is 602 g/mol. The second-order valence-electron chi connectivity index (χ2n) is 10.5. The van der Waals surface area contributed by atoms with Crippen molar-refractivity contribution < 1.29 is 29.3 Å². The molecule has 0 saturated carbocycles. The monoisotopic (exact) mass is 601 g/mol. The van der Waals surface area contributed by atoms with Gasteiger partial charge in [-0.1, -0.05) is 78.5 Å². The molecule has 1 aliphatic rings. The maximum Gasteiger partial charge on any atom is 0.303 e. The van der Waals surface area contributed by atoms with Crippen LogP contribution in [0.1, 0.15) is 53.9 Å². The van der Waals surface area contributed by atoms with Gasteiger partial charge in [-0.15, -0.1) is 0 Å². The number of aryl methyl sites for hydroxylation is 1. The number of aliphatic hydroxyl groups is 1. The molecule has 224 valence electrons. The number of carboxylic acid groups (broad SMARTS) is 1. The molecule has 3 N–H and O–H groups in total. The van der Waals surface area contributed by atoms with Crippen molar-refractivity contribution >= 4 is 23.6 Å². The second-order valence-corrected chi connectivity index (χ2v) is 11.5. The quantitative estimate of drug-likeness (QED) is 0.185. The SMILES string of the molecule is Cn1ccnc1SC[C@H]1C[C@@H](c2ccc(CO)cc2)O[C@@H](c2ccc(-c3cccc(CNC(=O)CCC(=O)O)c3)cc2)O1. The summed E-state index contributed by atoms with van der Waals surface area (Å²) in [6.45, 7) is 0.323. The van der Waals surface area contributed by atoms with Crippen molar-refractivity contribution in [3.05, 3.63) is 107 Å². The first kappa shape index (κ1) is 30.5. The van der Waals surface area contributed by atoms with Gasteiger partial charge in [-0.25, -0.2) is 4.98 Å². The van der Waals surface area contributed by atoms with Gasteiger partial charge in [-0.05, 0) is 33.9 Å². The highest BCUT2D eigenvalue weighted by atomic mass is 32.2. The molecule has 10 heteroatoms. The summed E-state index contributed by atoms with van der Waals surface area (Å²) in [7, 11) is 1.98. The highest BCUT2D eigenvalue weighted by molar-refractivity contribution is 7.99. The average Bonchev–Trinajstić information content (AvgIpc) is 3.46. The molecule has 0 bridgehead atoms. The molecular formula is C33H35N3O6S. The van der Waals surface area contributed by atoms with Crippen LogP contribution in [0.25, 0.3) is 11.1 Å². The lowest BCUT2D eigenvalue weighted by atomic mass is 9.99. The molecule has 4 aromatic rings. The van der Waals surface area contributed by atoms with Gasteiger partial charge in [-0.2, -0.15) is 0 Å². The predicted molar refractivity (Wildman–Crippen MR) is 163 cm³/mol. The summed E-state index contributed by atoms with van der Waals surface area (Å²) in [4.78, 5) is 27.1. The number of hydrogen-bond donors (Lipinski definition) is 3. The summed E-state index contributed by atoms with van der Waals surface area (Å²) >= 11 is 1.66. The number of carboxylic acids is 1. The molecule has 1 aromatic heterocycles. The van der Waals surface area contributed by atoms with E-state index in [4.69, 9.17) is 14.6 Å². The van der Waals surface area contributed by atoms with Gasteiger partial charge in [-0.3, -0.25) is 9.59 Å². The second kappa shape index (κ2) is 14.5. The van der Waals surface area contributed by atoms with Crippen LogP contribution in [-0.2, 0) is 39.3 Å². The number of benzene rings is 3. The number of thioether (sulfide) groups is 1. The van der Waals surface area contributed by atoms with Gasteiger partial charge in [0.1, 0.15) is 0 Å². The molecule has 0 spiro atoms. The number of ether oxygens (including phenoxy) is 2. The molecule has 2 heterocycles. The van der Waals surface area contributed by atoms with Gasteiger partial charge >= 0.3 is 5.97 Å². The number of hydrogen-bond acceptors (Lipinski definition) is 7. The number of carbonyl (C=O) groups excluding carboxylic acids is 1. The molecule has 0 radical (unpaired) electrons. The third-order valence-corrected chi connectivity index (χ3v) is 8.48. The summed E-state index contributed by atoms with van der Waals surface area (Å²) in [5, 5.41) is 21.9. The van der Waals surface area contributed by atoms with E-state index in [1.807, 2.05) is 90.6 Å². The fraction of sp³-hybridized carbons (Fsp3) is 0.303. The van der Waals surface area contributed by atoms with E-state index in [1.165, 1.54) is 0 Å². The Morgan fingerprint density at radius 2 is 1.74 bits per heavy atom. The Hall–Kier alpha value is -3.96. The maximum atomic E-state index is 11.9. The predicted octanol–water partition coefficient (Wildman–Crippen LogP) is 5.40. The van der Waals surface area contributed by atoms with Crippen molar-refractivity contribution in [1.29, 1.82) is 0 Å². The molecule has 1 aliphatic heterocycles. The zero-order chi connectivity index (χ0) is 30.2. The fourth-order valence-corrected chi connectivity index (χ4v) is 5.83. The molecule has 3 aromatic carbocycles. The summed E-state index contributed by atoms with van der Waals surface area (Å²) in [5.41, 5.74) is 5.74. The third kappa shape index (κ3) is 8.32. The van der Waals surface area contributed by atoms with Gasteiger partial charge in [0, 0.05) is 50.1 Å². The number of nitrogens with zero attached hydrogens (tertiary/aromatic N) is 2. The van der Waals surface area contributed by atoms with Gasteiger partial charge in [0.25, 0.3) is 0 Å². The lowest BCUT2D eigenvalue weighted by molar-refractivity contribution is -0.245. The van der Waals surface area contributed by atoms with Crippen molar-refractivity contribution in [2.45, 2.75) is 56.1 Å². The van der Waals surface area contributed by atoms with Gasteiger partial charge < -0.3 is 29.6 Å². The smallest absolute Gasteiger partial charge is 0.303 e. The van der Waals surface area contributed by atoms with Crippen LogP contribution >= 0.6 is 11.8 Å². The summed E-state index contributed by atoms with van der Waals surface area (Å²) < 4.78 is 14.9. The van der Waals surface area contributed by atoms with Crippen molar-refractivity contribution in [2.75, 3.05) is 5.75 Å². The Balaban J connectivity index is 1.28. The zero-order valence-electron chi connectivity index (χ0n) is 23.9. The van der Waals surface area contributed by atoms with Crippen LogP contribution in [-0.4, -0.2) is 43.5 Å². The Labute approximate surface area is 254 Å². The van der Waals surface area contributed by atoms with E-state index in [0.29, 0.717) is 13.0 Å². The molecule has 1 saturated heterocycles. The lowest BCUT2D eigenvalue weighted by Crippen LogP contribution is -2.31. The van der Waals surface area contributed by atoms with Crippen LogP contribution in [0.4, 0.5) is 0 Å². The minimum Gasteiger partial charge on any atom is -0.481 e. The highest BCUT2D eigenvalue weighted by Crippen LogP contribution is 2.39.